The van der Waals surface area contributed by atoms with Crippen molar-refractivity contribution in [1.29, 1.82) is 0 Å². The van der Waals surface area contributed by atoms with Crippen molar-refractivity contribution < 1.29 is 13.9 Å². The molecule has 0 radical (unpaired) electrons. The minimum atomic E-state index is 0.373. The summed E-state index contributed by atoms with van der Waals surface area (Å²) >= 11 is 1.66. The van der Waals surface area contributed by atoms with Crippen LogP contribution in [0.25, 0.3) is 11.1 Å². The number of hydrogen-bond acceptors (Lipinski definition) is 7. The van der Waals surface area contributed by atoms with Crippen LogP contribution in [0.1, 0.15) is 0 Å². The van der Waals surface area contributed by atoms with E-state index in [-0.39, 0.29) is 0 Å². The van der Waals surface area contributed by atoms with Crippen LogP contribution < -0.4 is 10.1 Å². The van der Waals surface area contributed by atoms with Gasteiger partial charge in [-0.25, -0.2) is 0 Å². The highest BCUT2D eigenvalue weighted by Gasteiger charge is 2.08. The van der Waals surface area contributed by atoms with Gasteiger partial charge in [0.2, 0.25) is 0 Å². The molecule has 0 spiro atoms. The van der Waals surface area contributed by atoms with Gasteiger partial charge in [-0.05, 0) is 48.5 Å². The minimum absolute atomic E-state index is 0.373. The number of carbonyl (C=O) groups excluding carboxylic acids is 1. The molecule has 0 fully saturated rings. The molecular weight excluding hydrogens is 350 g/mol. The maximum absolute atomic E-state index is 10.4. The van der Waals surface area contributed by atoms with E-state index in [4.69, 9.17) is 9.15 Å². The molecule has 26 heavy (non-hydrogen) atoms. The highest BCUT2D eigenvalue weighted by Crippen LogP contribution is 2.29. The van der Waals surface area contributed by atoms with E-state index in [0.29, 0.717) is 29.3 Å². The zero-order valence-corrected chi connectivity index (χ0v) is 14.3. The highest BCUT2D eigenvalue weighted by atomic mass is 32.2. The minimum Gasteiger partial charge on any atom is -0.429 e. The molecule has 0 atom stereocenters. The van der Waals surface area contributed by atoms with E-state index in [2.05, 4.69) is 15.3 Å². The first-order chi connectivity index (χ1) is 12.8. The van der Waals surface area contributed by atoms with Crippen LogP contribution >= 0.6 is 11.8 Å². The van der Waals surface area contributed by atoms with Crippen LogP contribution in [-0.2, 0) is 4.79 Å². The Kier molecular flexibility index (Phi) is 4.53. The second kappa shape index (κ2) is 7.28. The van der Waals surface area contributed by atoms with Gasteiger partial charge in [0.1, 0.15) is 11.3 Å². The molecule has 2 heterocycles. The molecule has 0 aliphatic carbocycles. The van der Waals surface area contributed by atoms with Gasteiger partial charge in [0, 0.05) is 33.9 Å². The molecule has 2 aromatic carbocycles. The van der Waals surface area contributed by atoms with Crippen molar-refractivity contribution in [1.82, 2.24) is 9.97 Å². The maximum atomic E-state index is 10.4. The quantitative estimate of drug-likeness (QED) is 0.500. The lowest BCUT2D eigenvalue weighted by Gasteiger charge is -2.04. The van der Waals surface area contributed by atoms with Crippen molar-refractivity contribution in [2.45, 2.75) is 9.79 Å². The van der Waals surface area contributed by atoms with Gasteiger partial charge < -0.3 is 14.5 Å². The standard InChI is InChI=1S/C19H13N3O3S/c23-12-24-14-3-6-18-17(11-14)22-19(25-18)21-13-1-4-15(5-2-13)26-16-7-9-20-10-8-16/h1-12H,(H,21,22). The number of rotatable bonds is 6. The SMILES string of the molecule is O=COc1ccc2oc(Nc3ccc(Sc4ccncc4)cc3)nc2c1. The molecule has 0 amide bonds. The average molecular weight is 363 g/mol. The van der Waals surface area contributed by atoms with Crippen LogP contribution in [-0.4, -0.2) is 16.4 Å². The van der Waals surface area contributed by atoms with Crippen LogP contribution in [0.15, 0.2) is 81.2 Å². The van der Waals surface area contributed by atoms with Gasteiger partial charge in [0.25, 0.3) is 12.5 Å². The Balaban J connectivity index is 1.48. The fraction of sp³-hybridized carbons (Fsp3) is 0. The van der Waals surface area contributed by atoms with E-state index in [0.717, 1.165) is 15.5 Å². The van der Waals surface area contributed by atoms with Crippen molar-refractivity contribution in [3.63, 3.8) is 0 Å². The summed E-state index contributed by atoms with van der Waals surface area (Å²) in [6, 6.07) is 17.3. The molecule has 128 valence electrons. The molecule has 0 aliphatic heterocycles. The van der Waals surface area contributed by atoms with E-state index < -0.39 is 0 Å². The first-order valence-electron chi connectivity index (χ1n) is 7.76. The molecule has 6 nitrogen and oxygen atoms in total. The van der Waals surface area contributed by atoms with Crippen LogP contribution in [0.5, 0.6) is 5.75 Å². The van der Waals surface area contributed by atoms with Gasteiger partial charge in [-0.3, -0.25) is 9.78 Å². The number of fused-ring (bicyclic) bond motifs is 1. The lowest BCUT2D eigenvalue weighted by Crippen LogP contribution is -1.89. The van der Waals surface area contributed by atoms with Crippen LogP contribution in [0.2, 0.25) is 0 Å². The van der Waals surface area contributed by atoms with E-state index in [1.165, 1.54) is 0 Å². The van der Waals surface area contributed by atoms with Crippen molar-refractivity contribution in [3.8, 4) is 5.75 Å². The fourth-order valence-corrected chi connectivity index (χ4v) is 3.16. The number of hydrogen-bond donors (Lipinski definition) is 1. The van der Waals surface area contributed by atoms with Gasteiger partial charge >= 0.3 is 0 Å². The summed E-state index contributed by atoms with van der Waals surface area (Å²) in [4.78, 5) is 21.0. The molecule has 4 rings (SSSR count). The number of carbonyl (C=O) groups is 1. The van der Waals surface area contributed by atoms with E-state index in [9.17, 15) is 4.79 Å². The molecule has 0 unspecified atom stereocenters. The average Bonchev–Trinajstić information content (AvgIpc) is 3.06. The largest absolute Gasteiger partial charge is 0.429 e. The summed E-state index contributed by atoms with van der Waals surface area (Å²) in [6.07, 6.45) is 3.55. The molecule has 0 saturated carbocycles. The maximum Gasteiger partial charge on any atom is 0.300 e. The van der Waals surface area contributed by atoms with E-state index >= 15 is 0 Å². The number of benzene rings is 2. The third-order valence-electron chi connectivity index (χ3n) is 3.53. The molecule has 2 aromatic heterocycles. The first-order valence-corrected chi connectivity index (χ1v) is 8.58. The van der Waals surface area contributed by atoms with Gasteiger partial charge in [-0.15, -0.1) is 0 Å². The molecule has 0 aliphatic rings. The summed E-state index contributed by atoms with van der Waals surface area (Å²) < 4.78 is 10.5. The Labute approximate surface area is 153 Å². The molecule has 0 saturated heterocycles. The normalized spacial score (nSPS) is 10.6. The number of oxazole rings is 1. The number of aromatic nitrogens is 2. The summed E-state index contributed by atoms with van der Waals surface area (Å²) in [7, 11) is 0. The molecule has 4 aromatic rings. The third kappa shape index (κ3) is 3.68. The van der Waals surface area contributed by atoms with Crippen molar-refractivity contribution >= 4 is 41.0 Å². The topological polar surface area (TPSA) is 77.2 Å². The molecule has 0 bridgehead atoms. The van der Waals surface area contributed by atoms with Crippen LogP contribution in [0, 0.1) is 0 Å². The Morgan fingerprint density at radius 1 is 1.00 bits per heavy atom. The monoisotopic (exact) mass is 363 g/mol. The van der Waals surface area contributed by atoms with Gasteiger partial charge in [-0.1, -0.05) is 11.8 Å². The molecular formula is C19H13N3O3S. The number of nitrogens with one attached hydrogen (secondary N) is 1. The Morgan fingerprint density at radius 3 is 2.54 bits per heavy atom. The van der Waals surface area contributed by atoms with Crippen LogP contribution in [0.3, 0.4) is 0 Å². The summed E-state index contributed by atoms with van der Waals surface area (Å²) in [6.45, 7) is 0.381. The predicted molar refractivity (Wildman–Crippen MR) is 98.8 cm³/mol. The lowest BCUT2D eigenvalue weighted by molar-refractivity contribution is -0.120. The number of anilines is 2. The van der Waals surface area contributed by atoms with Gasteiger partial charge in [-0.2, -0.15) is 4.98 Å². The zero-order valence-electron chi connectivity index (χ0n) is 13.5. The van der Waals surface area contributed by atoms with Gasteiger partial charge in [0.05, 0.1) is 0 Å². The highest BCUT2D eigenvalue weighted by molar-refractivity contribution is 7.99. The summed E-state index contributed by atoms with van der Waals surface area (Å²) in [5.41, 5.74) is 2.08. The number of nitrogens with zero attached hydrogens (tertiary/aromatic N) is 2. The molecule has 1 N–H and O–H groups in total. The second-order valence-corrected chi connectivity index (χ2v) is 6.44. The smallest absolute Gasteiger partial charge is 0.300 e. The van der Waals surface area contributed by atoms with Crippen molar-refractivity contribution in [2.75, 3.05) is 5.32 Å². The Hall–Kier alpha value is -3.32. The van der Waals surface area contributed by atoms with Crippen LogP contribution in [0.4, 0.5) is 11.7 Å². The number of ether oxygens (including phenoxy) is 1. The summed E-state index contributed by atoms with van der Waals surface area (Å²) in [5, 5.41) is 3.13. The van der Waals surface area contributed by atoms with Crippen molar-refractivity contribution in [3.05, 3.63) is 67.0 Å². The Morgan fingerprint density at radius 2 is 1.77 bits per heavy atom. The first kappa shape index (κ1) is 16.2. The zero-order chi connectivity index (χ0) is 17.8. The fourth-order valence-electron chi connectivity index (χ4n) is 2.36. The van der Waals surface area contributed by atoms with E-state index in [1.54, 1.807) is 42.4 Å². The predicted octanol–water partition coefficient (Wildman–Crippen LogP) is 4.65. The third-order valence-corrected chi connectivity index (χ3v) is 4.55. The van der Waals surface area contributed by atoms with E-state index in [1.807, 2.05) is 36.4 Å². The van der Waals surface area contributed by atoms with Gasteiger partial charge in [0.15, 0.2) is 5.58 Å². The second-order valence-electron chi connectivity index (χ2n) is 5.30. The summed E-state index contributed by atoms with van der Waals surface area (Å²) in [5.74, 6) is 0.421. The molecule has 7 heteroatoms. The number of pyridine rings is 1. The van der Waals surface area contributed by atoms with Crippen molar-refractivity contribution in [2.24, 2.45) is 0 Å². The lowest BCUT2D eigenvalue weighted by atomic mass is 10.3. The Bertz CT molecular complexity index is 1030.